The molecule has 1 amide bonds. The van der Waals surface area contributed by atoms with Crippen molar-refractivity contribution in [1.29, 1.82) is 0 Å². The third-order valence-electron chi connectivity index (χ3n) is 3.51. The Hall–Kier alpha value is -2.37. The Kier molecular flexibility index (Phi) is 4.55. The maximum Gasteiger partial charge on any atom is 0.326 e. The molecule has 5 nitrogen and oxygen atoms in total. The number of hydrogen-bond acceptors (Lipinski definition) is 4. The number of benzene rings is 2. The molecule has 0 bridgehead atoms. The minimum absolute atomic E-state index is 0.0306. The topological polar surface area (TPSA) is 63.7 Å². The average Bonchev–Trinajstić information content (AvgIpc) is 2.78. The number of nitrogens with zero attached hydrogens (tertiary/aromatic N) is 1. The molecule has 122 valence electrons. The molecule has 3 rings (SSSR count). The fourth-order valence-corrected chi connectivity index (χ4v) is 2.78. The van der Waals surface area contributed by atoms with E-state index in [0.717, 1.165) is 10.5 Å². The third kappa shape index (κ3) is 3.27. The fourth-order valence-electron chi connectivity index (χ4n) is 2.39. The van der Waals surface area contributed by atoms with Crippen LogP contribution in [0.25, 0.3) is 0 Å². The van der Waals surface area contributed by atoms with E-state index in [1.165, 1.54) is 12.1 Å². The number of ether oxygens (including phenoxy) is 1. The number of esters is 1. The van der Waals surface area contributed by atoms with E-state index in [2.05, 4.69) is 0 Å². The summed E-state index contributed by atoms with van der Waals surface area (Å²) in [5, 5.41) is 0.884. The molecule has 2 aromatic rings. The second-order valence-electron chi connectivity index (χ2n) is 5.17. The quantitative estimate of drug-likeness (QED) is 0.617. The van der Waals surface area contributed by atoms with Gasteiger partial charge in [-0.15, -0.1) is 0 Å². The van der Waals surface area contributed by atoms with Gasteiger partial charge < -0.3 is 4.74 Å². The maximum absolute atomic E-state index is 12.0. The monoisotopic (exact) mass is 363 g/mol. The number of carbonyl (C=O) groups excluding carboxylic acids is 3. The van der Waals surface area contributed by atoms with Crippen LogP contribution in [0.4, 0.5) is 5.69 Å². The largest absolute Gasteiger partial charge is 0.459 e. The first kappa shape index (κ1) is 16.5. The van der Waals surface area contributed by atoms with E-state index in [-0.39, 0.29) is 18.7 Å². The van der Waals surface area contributed by atoms with Crippen molar-refractivity contribution in [1.82, 2.24) is 0 Å². The molecule has 0 N–H and O–H groups in total. The van der Waals surface area contributed by atoms with Crippen LogP contribution in [0.15, 0.2) is 42.5 Å². The summed E-state index contributed by atoms with van der Waals surface area (Å²) in [5.41, 5.74) is 1.27. The Labute approximate surface area is 147 Å². The summed E-state index contributed by atoms with van der Waals surface area (Å²) in [6.07, 6.45) is 0. The minimum atomic E-state index is -0.771. The predicted octanol–water partition coefficient (Wildman–Crippen LogP) is 3.27. The van der Waals surface area contributed by atoms with Crippen molar-refractivity contribution in [2.45, 2.75) is 6.61 Å². The van der Waals surface area contributed by atoms with Crippen LogP contribution in [0.2, 0.25) is 10.0 Å². The van der Waals surface area contributed by atoms with E-state index in [1.54, 1.807) is 30.3 Å². The van der Waals surface area contributed by atoms with Crippen molar-refractivity contribution < 1.29 is 19.1 Å². The Morgan fingerprint density at radius 2 is 1.79 bits per heavy atom. The molecule has 0 saturated heterocycles. The predicted molar refractivity (Wildman–Crippen MR) is 89.4 cm³/mol. The van der Waals surface area contributed by atoms with Crippen LogP contribution in [0.3, 0.4) is 0 Å². The van der Waals surface area contributed by atoms with Gasteiger partial charge in [0, 0.05) is 10.0 Å². The second-order valence-corrected chi connectivity index (χ2v) is 6.05. The molecule has 0 saturated carbocycles. The highest BCUT2D eigenvalue weighted by Gasteiger charge is 2.37. The fraction of sp³-hybridized carbons (Fsp3) is 0.118. The van der Waals surface area contributed by atoms with E-state index in [4.69, 9.17) is 27.9 Å². The van der Waals surface area contributed by atoms with Crippen molar-refractivity contribution >= 4 is 46.5 Å². The van der Waals surface area contributed by atoms with Gasteiger partial charge in [0.25, 0.3) is 11.7 Å². The van der Waals surface area contributed by atoms with Gasteiger partial charge >= 0.3 is 5.97 Å². The van der Waals surface area contributed by atoms with Crippen molar-refractivity contribution in [2.24, 2.45) is 0 Å². The van der Waals surface area contributed by atoms with Crippen LogP contribution in [0.5, 0.6) is 0 Å². The molecule has 0 aromatic heterocycles. The zero-order chi connectivity index (χ0) is 17.3. The lowest BCUT2D eigenvalue weighted by Gasteiger charge is -2.15. The highest BCUT2D eigenvalue weighted by atomic mass is 35.5. The zero-order valence-electron chi connectivity index (χ0n) is 12.3. The molecule has 0 radical (unpaired) electrons. The SMILES string of the molecule is O=C(CN1C(=O)C(=O)c2cc(Cl)ccc21)OCc1cccc(Cl)c1. The van der Waals surface area contributed by atoms with Crippen molar-refractivity contribution in [3.8, 4) is 0 Å². The smallest absolute Gasteiger partial charge is 0.326 e. The van der Waals surface area contributed by atoms with Gasteiger partial charge in [-0.1, -0.05) is 35.3 Å². The molecule has 0 spiro atoms. The van der Waals surface area contributed by atoms with Gasteiger partial charge in [-0.3, -0.25) is 19.3 Å². The first-order valence-electron chi connectivity index (χ1n) is 7.01. The number of ketones is 1. The number of Topliss-reactive ketones (excluding diaryl/α,β-unsaturated/α-hetero) is 1. The number of hydrogen-bond donors (Lipinski definition) is 0. The van der Waals surface area contributed by atoms with Gasteiger partial charge in [0.15, 0.2) is 0 Å². The maximum atomic E-state index is 12.0. The van der Waals surface area contributed by atoms with Gasteiger partial charge in [0.1, 0.15) is 13.2 Å². The first-order valence-corrected chi connectivity index (χ1v) is 7.77. The highest BCUT2D eigenvalue weighted by molar-refractivity contribution is 6.53. The molecule has 2 aromatic carbocycles. The van der Waals surface area contributed by atoms with Crippen molar-refractivity contribution in [3.05, 3.63) is 63.6 Å². The third-order valence-corrected chi connectivity index (χ3v) is 3.98. The number of halogens is 2. The lowest BCUT2D eigenvalue weighted by atomic mass is 10.1. The summed E-state index contributed by atoms with van der Waals surface area (Å²) in [7, 11) is 0. The molecular formula is C17H11Cl2NO4. The van der Waals surface area contributed by atoms with Crippen LogP contribution >= 0.6 is 23.2 Å². The summed E-state index contributed by atoms with van der Waals surface area (Å²) in [5.74, 6) is -2.08. The molecule has 7 heteroatoms. The van der Waals surface area contributed by atoms with Gasteiger partial charge in [-0.05, 0) is 35.9 Å². The number of rotatable bonds is 4. The minimum Gasteiger partial charge on any atom is -0.459 e. The van der Waals surface area contributed by atoms with Crippen LogP contribution in [0, 0.1) is 0 Å². The molecule has 0 aliphatic carbocycles. The van der Waals surface area contributed by atoms with Crippen LogP contribution in [0.1, 0.15) is 15.9 Å². The Balaban J connectivity index is 1.69. The van der Waals surface area contributed by atoms with Gasteiger partial charge in [0.05, 0.1) is 11.3 Å². The average molecular weight is 364 g/mol. The van der Waals surface area contributed by atoms with E-state index in [0.29, 0.717) is 15.7 Å². The molecular weight excluding hydrogens is 353 g/mol. The lowest BCUT2D eigenvalue weighted by Crippen LogP contribution is -2.35. The first-order chi connectivity index (χ1) is 11.5. The number of anilines is 1. The summed E-state index contributed by atoms with van der Waals surface area (Å²) in [6.45, 7) is -0.317. The summed E-state index contributed by atoms with van der Waals surface area (Å²) >= 11 is 11.7. The highest BCUT2D eigenvalue weighted by Crippen LogP contribution is 2.31. The van der Waals surface area contributed by atoms with Crippen LogP contribution in [-0.4, -0.2) is 24.2 Å². The second kappa shape index (κ2) is 6.63. The number of amides is 1. The molecule has 0 fully saturated rings. The number of fused-ring (bicyclic) bond motifs is 1. The van der Waals surface area contributed by atoms with Crippen molar-refractivity contribution in [3.63, 3.8) is 0 Å². The zero-order valence-corrected chi connectivity index (χ0v) is 13.8. The lowest BCUT2D eigenvalue weighted by molar-refractivity contribution is -0.143. The van der Waals surface area contributed by atoms with E-state index in [1.807, 2.05) is 0 Å². The molecule has 0 atom stereocenters. The molecule has 0 unspecified atom stereocenters. The summed E-state index contributed by atoms with van der Waals surface area (Å²) < 4.78 is 5.14. The molecule has 24 heavy (non-hydrogen) atoms. The van der Waals surface area contributed by atoms with E-state index in [9.17, 15) is 14.4 Å². The summed E-state index contributed by atoms with van der Waals surface area (Å²) in [4.78, 5) is 37.1. The Morgan fingerprint density at radius 1 is 1.04 bits per heavy atom. The Bertz CT molecular complexity index is 850. The molecule has 1 aliphatic heterocycles. The van der Waals surface area contributed by atoms with Gasteiger partial charge in [-0.25, -0.2) is 0 Å². The van der Waals surface area contributed by atoms with Crippen molar-refractivity contribution in [2.75, 3.05) is 11.4 Å². The normalized spacial score (nSPS) is 13.2. The number of carbonyl (C=O) groups is 3. The van der Waals surface area contributed by atoms with Crippen LogP contribution in [-0.2, 0) is 20.9 Å². The Morgan fingerprint density at radius 3 is 2.54 bits per heavy atom. The van der Waals surface area contributed by atoms with E-state index < -0.39 is 17.7 Å². The van der Waals surface area contributed by atoms with E-state index >= 15 is 0 Å². The standard InChI is InChI=1S/C17H11Cl2NO4/c18-11-3-1-2-10(6-11)9-24-15(21)8-20-14-5-4-12(19)7-13(14)16(22)17(20)23/h1-7H,8-9H2. The van der Waals surface area contributed by atoms with Crippen LogP contribution < -0.4 is 4.90 Å². The molecule has 1 heterocycles. The molecule has 1 aliphatic rings. The van der Waals surface area contributed by atoms with Gasteiger partial charge in [0.2, 0.25) is 0 Å². The summed E-state index contributed by atoms with van der Waals surface area (Å²) in [6, 6.07) is 11.4. The van der Waals surface area contributed by atoms with Gasteiger partial charge in [-0.2, -0.15) is 0 Å².